The maximum atomic E-state index is 10.9. The lowest BCUT2D eigenvalue weighted by molar-refractivity contribution is -0.0394. The SMILES string of the molecule is N#Cc1cccnc1C1(O)CC2CCCC(C1)N2. The predicted molar refractivity (Wildman–Crippen MR) is 66.6 cm³/mol. The van der Waals surface area contributed by atoms with E-state index in [0.717, 1.165) is 12.8 Å². The van der Waals surface area contributed by atoms with E-state index in [9.17, 15) is 5.11 Å². The molecule has 4 heteroatoms. The molecule has 0 saturated carbocycles. The molecule has 3 heterocycles. The van der Waals surface area contributed by atoms with Crippen molar-refractivity contribution in [1.82, 2.24) is 10.3 Å². The number of hydrogen-bond donors (Lipinski definition) is 2. The summed E-state index contributed by atoms with van der Waals surface area (Å²) in [6, 6.07) is 6.33. The fraction of sp³-hybridized carbons (Fsp3) is 0.571. The predicted octanol–water partition coefficient (Wildman–Crippen LogP) is 1.45. The summed E-state index contributed by atoms with van der Waals surface area (Å²) in [5.74, 6) is 0. The maximum absolute atomic E-state index is 10.9. The fourth-order valence-corrected chi connectivity index (χ4v) is 3.39. The minimum atomic E-state index is -0.937. The second-order valence-electron chi connectivity index (χ2n) is 5.44. The average Bonchev–Trinajstić information content (AvgIpc) is 2.38. The Labute approximate surface area is 107 Å². The molecule has 2 aliphatic rings. The lowest BCUT2D eigenvalue weighted by Gasteiger charge is -2.45. The van der Waals surface area contributed by atoms with E-state index in [2.05, 4.69) is 16.4 Å². The number of fused-ring (bicyclic) bond motifs is 2. The summed E-state index contributed by atoms with van der Waals surface area (Å²) in [7, 11) is 0. The monoisotopic (exact) mass is 243 g/mol. The van der Waals surface area contributed by atoms with Gasteiger partial charge in [0.1, 0.15) is 11.7 Å². The fourth-order valence-electron chi connectivity index (χ4n) is 3.39. The highest BCUT2D eigenvalue weighted by Crippen LogP contribution is 2.39. The summed E-state index contributed by atoms with van der Waals surface area (Å²) < 4.78 is 0. The maximum Gasteiger partial charge on any atom is 0.111 e. The van der Waals surface area contributed by atoms with E-state index < -0.39 is 5.60 Å². The summed E-state index contributed by atoms with van der Waals surface area (Å²) in [6.07, 6.45) is 6.42. The van der Waals surface area contributed by atoms with Gasteiger partial charge in [0.25, 0.3) is 0 Å². The summed E-state index contributed by atoms with van der Waals surface area (Å²) in [5, 5.41) is 23.6. The Morgan fingerprint density at radius 2 is 2.11 bits per heavy atom. The van der Waals surface area contributed by atoms with Gasteiger partial charge in [-0.2, -0.15) is 5.26 Å². The lowest BCUT2D eigenvalue weighted by atomic mass is 9.74. The van der Waals surface area contributed by atoms with E-state index in [1.54, 1.807) is 18.3 Å². The van der Waals surface area contributed by atoms with E-state index in [0.29, 0.717) is 36.2 Å². The molecule has 18 heavy (non-hydrogen) atoms. The number of nitriles is 1. The minimum absolute atomic E-state index is 0.357. The topological polar surface area (TPSA) is 68.9 Å². The molecular formula is C14H17N3O. The zero-order chi connectivity index (χ0) is 12.6. The number of pyridine rings is 1. The smallest absolute Gasteiger partial charge is 0.111 e. The molecule has 0 spiro atoms. The molecule has 94 valence electrons. The van der Waals surface area contributed by atoms with Gasteiger partial charge in [0, 0.05) is 18.3 Å². The van der Waals surface area contributed by atoms with Crippen LogP contribution in [0.3, 0.4) is 0 Å². The van der Waals surface area contributed by atoms with E-state index in [1.165, 1.54) is 6.42 Å². The highest BCUT2D eigenvalue weighted by Gasteiger charge is 2.43. The molecule has 1 aromatic rings. The highest BCUT2D eigenvalue weighted by atomic mass is 16.3. The van der Waals surface area contributed by atoms with Crippen LogP contribution in [0, 0.1) is 11.3 Å². The third-order valence-electron chi connectivity index (χ3n) is 4.11. The normalized spacial score (nSPS) is 34.9. The van der Waals surface area contributed by atoms with Gasteiger partial charge in [0.15, 0.2) is 0 Å². The van der Waals surface area contributed by atoms with Crippen LogP contribution in [0.15, 0.2) is 18.3 Å². The molecule has 2 unspecified atom stereocenters. The van der Waals surface area contributed by atoms with Gasteiger partial charge < -0.3 is 10.4 Å². The van der Waals surface area contributed by atoms with Gasteiger partial charge >= 0.3 is 0 Å². The average molecular weight is 243 g/mol. The molecule has 1 aromatic heterocycles. The molecule has 2 N–H and O–H groups in total. The van der Waals surface area contributed by atoms with E-state index in [-0.39, 0.29) is 0 Å². The molecule has 0 amide bonds. The Hall–Kier alpha value is -1.44. The number of hydrogen-bond acceptors (Lipinski definition) is 4. The Kier molecular flexibility index (Phi) is 2.81. The van der Waals surface area contributed by atoms with Crippen molar-refractivity contribution in [1.29, 1.82) is 5.26 Å². The van der Waals surface area contributed by atoms with Crippen LogP contribution in [0.4, 0.5) is 0 Å². The first-order valence-electron chi connectivity index (χ1n) is 6.55. The summed E-state index contributed by atoms with van der Waals surface area (Å²) >= 11 is 0. The van der Waals surface area contributed by atoms with Crippen molar-refractivity contribution in [2.45, 2.75) is 49.8 Å². The number of aromatic nitrogens is 1. The van der Waals surface area contributed by atoms with E-state index in [4.69, 9.17) is 5.26 Å². The van der Waals surface area contributed by atoms with E-state index in [1.807, 2.05) is 0 Å². The van der Waals surface area contributed by atoms with Gasteiger partial charge in [-0.3, -0.25) is 4.98 Å². The number of nitrogens with zero attached hydrogens (tertiary/aromatic N) is 2. The van der Waals surface area contributed by atoms with Crippen molar-refractivity contribution in [3.63, 3.8) is 0 Å². The van der Waals surface area contributed by atoms with Crippen molar-refractivity contribution in [2.75, 3.05) is 0 Å². The van der Waals surface area contributed by atoms with Crippen LogP contribution in [0.2, 0.25) is 0 Å². The van der Waals surface area contributed by atoms with Crippen LogP contribution < -0.4 is 5.32 Å². The number of nitrogens with one attached hydrogen (secondary N) is 1. The van der Waals surface area contributed by atoms with Gasteiger partial charge in [-0.1, -0.05) is 6.42 Å². The lowest BCUT2D eigenvalue weighted by Crippen LogP contribution is -2.54. The first-order valence-corrected chi connectivity index (χ1v) is 6.55. The molecule has 0 radical (unpaired) electrons. The van der Waals surface area contributed by atoms with Gasteiger partial charge in [-0.15, -0.1) is 0 Å². The van der Waals surface area contributed by atoms with Crippen molar-refractivity contribution in [3.05, 3.63) is 29.6 Å². The van der Waals surface area contributed by atoms with Crippen molar-refractivity contribution in [3.8, 4) is 6.07 Å². The Bertz CT molecular complexity index is 482. The molecular weight excluding hydrogens is 226 g/mol. The molecule has 2 atom stereocenters. The van der Waals surface area contributed by atoms with E-state index >= 15 is 0 Å². The Balaban J connectivity index is 1.97. The first kappa shape index (κ1) is 11.6. The van der Waals surface area contributed by atoms with Crippen LogP contribution >= 0.6 is 0 Å². The summed E-state index contributed by atoms with van der Waals surface area (Å²) in [5.41, 5.74) is 0.124. The Morgan fingerprint density at radius 3 is 2.78 bits per heavy atom. The quantitative estimate of drug-likeness (QED) is 0.783. The third kappa shape index (κ3) is 1.90. The second kappa shape index (κ2) is 4.34. The number of piperidine rings is 2. The zero-order valence-corrected chi connectivity index (χ0v) is 10.3. The van der Waals surface area contributed by atoms with Gasteiger partial charge in [0.05, 0.1) is 11.3 Å². The van der Waals surface area contributed by atoms with Gasteiger partial charge in [-0.25, -0.2) is 0 Å². The highest BCUT2D eigenvalue weighted by molar-refractivity contribution is 5.36. The summed E-state index contributed by atoms with van der Waals surface area (Å²) in [6.45, 7) is 0. The van der Waals surface area contributed by atoms with Gasteiger partial charge in [-0.05, 0) is 37.8 Å². The van der Waals surface area contributed by atoms with Crippen molar-refractivity contribution < 1.29 is 5.11 Å². The summed E-state index contributed by atoms with van der Waals surface area (Å²) in [4.78, 5) is 4.27. The van der Waals surface area contributed by atoms with Gasteiger partial charge in [0.2, 0.25) is 0 Å². The van der Waals surface area contributed by atoms with Crippen LogP contribution in [0.1, 0.15) is 43.4 Å². The largest absolute Gasteiger partial charge is 0.383 e. The van der Waals surface area contributed by atoms with Crippen LogP contribution in [-0.4, -0.2) is 22.2 Å². The van der Waals surface area contributed by atoms with Crippen molar-refractivity contribution >= 4 is 0 Å². The zero-order valence-electron chi connectivity index (χ0n) is 10.3. The molecule has 2 fully saturated rings. The molecule has 2 aliphatic heterocycles. The molecule has 2 bridgehead atoms. The Morgan fingerprint density at radius 1 is 1.39 bits per heavy atom. The number of rotatable bonds is 1. The standard InChI is InChI=1S/C14H17N3O/c15-9-10-3-2-6-16-13(10)14(18)7-11-4-1-5-12(8-14)17-11/h2-3,6,11-12,17-18H,1,4-5,7-8H2. The molecule has 0 aliphatic carbocycles. The van der Waals surface area contributed by atoms with Crippen LogP contribution in [0.25, 0.3) is 0 Å². The van der Waals surface area contributed by atoms with Crippen LogP contribution in [0.5, 0.6) is 0 Å². The number of aliphatic hydroxyl groups is 1. The second-order valence-corrected chi connectivity index (χ2v) is 5.44. The minimum Gasteiger partial charge on any atom is -0.383 e. The molecule has 4 nitrogen and oxygen atoms in total. The third-order valence-corrected chi connectivity index (χ3v) is 4.11. The van der Waals surface area contributed by atoms with Crippen LogP contribution in [-0.2, 0) is 5.60 Å². The molecule has 0 aromatic carbocycles. The molecule has 3 rings (SSSR count). The molecule has 2 saturated heterocycles. The first-order chi connectivity index (χ1) is 8.71. The van der Waals surface area contributed by atoms with Crippen molar-refractivity contribution in [2.24, 2.45) is 0 Å².